The Hall–Kier alpha value is -1.46. The quantitative estimate of drug-likeness (QED) is 0.681. The standard InChI is InChI=1S/C12H8BrN/c13-8-7-11-5-1-2-6-12(11)14-9-3-4-10-14/h1-6,9-10H. The maximum atomic E-state index is 3.11. The van der Waals surface area contributed by atoms with Crippen molar-refractivity contribution < 1.29 is 0 Å². The van der Waals surface area contributed by atoms with E-state index in [2.05, 4.69) is 26.7 Å². The summed E-state index contributed by atoms with van der Waals surface area (Å²) in [6, 6.07) is 12.0. The lowest BCUT2D eigenvalue weighted by Gasteiger charge is -2.04. The molecule has 1 heterocycles. The maximum absolute atomic E-state index is 3.11. The number of aromatic nitrogens is 1. The first kappa shape index (κ1) is 9.11. The van der Waals surface area contributed by atoms with E-state index in [0.29, 0.717) is 0 Å². The van der Waals surface area contributed by atoms with Crippen molar-refractivity contribution in [1.82, 2.24) is 4.57 Å². The highest BCUT2D eigenvalue weighted by Gasteiger charge is 1.98. The highest BCUT2D eigenvalue weighted by molar-refractivity contribution is 9.12. The molecule has 0 fully saturated rings. The molecule has 0 aliphatic rings. The summed E-state index contributed by atoms with van der Waals surface area (Å²) in [5, 5.41) is 0. The first-order valence-electron chi connectivity index (χ1n) is 4.26. The Morgan fingerprint density at radius 3 is 2.43 bits per heavy atom. The summed E-state index contributed by atoms with van der Waals surface area (Å²) in [4.78, 5) is 2.74. The number of nitrogens with zero attached hydrogens (tertiary/aromatic N) is 1. The van der Waals surface area contributed by atoms with Crippen molar-refractivity contribution in [1.29, 1.82) is 0 Å². The molecule has 0 aliphatic heterocycles. The van der Waals surface area contributed by atoms with E-state index in [9.17, 15) is 0 Å². The SMILES string of the molecule is BrC#Cc1ccccc1-n1cccc1. The Morgan fingerprint density at radius 1 is 1.00 bits per heavy atom. The van der Waals surface area contributed by atoms with Crippen LogP contribution in [0.25, 0.3) is 5.69 Å². The van der Waals surface area contributed by atoms with Crippen LogP contribution in [0.1, 0.15) is 5.56 Å². The van der Waals surface area contributed by atoms with Crippen molar-refractivity contribution in [2.75, 3.05) is 0 Å². The van der Waals surface area contributed by atoms with E-state index in [0.717, 1.165) is 11.3 Å². The molecule has 0 saturated heterocycles. The number of benzene rings is 1. The van der Waals surface area contributed by atoms with Gasteiger partial charge in [-0.1, -0.05) is 18.1 Å². The van der Waals surface area contributed by atoms with E-state index in [1.807, 2.05) is 53.4 Å². The van der Waals surface area contributed by atoms with E-state index >= 15 is 0 Å². The Kier molecular flexibility index (Phi) is 2.71. The fourth-order valence-corrected chi connectivity index (χ4v) is 1.56. The molecule has 0 spiro atoms. The summed E-state index contributed by atoms with van der Waals surface area (Å²) >= 11 is 3.11. The fourth-order valence-electron chi connectivity index (χ4n) is 1.35. The van der Waals surface area contributed by atoms with Gasteiger partial charge in [0, 0.05) is 33.9 Å². The molecule has 0 bridgehead atoms. The molecule has 1 aromatic carbocycles. The predicted octanol–water partition coefficient (Wildman–Crippen LogP) is 3.18. The summed E-state index contributed by atoms with van der Waals surface area (Å²) in [6.45, 7) is 0. The Labute approximate surface area is 91.5 Å². The largest absolute Gasteiger partial charge is 0.323 e. The van der Waals surface area contributed by atoms with Crippen molar-refractivity contribution in [3.63, 3.8) is 0 Å². The minimum Gasteiger partial charge on any atom is -0.323 e. The predicted molar refractivity (Wildman–Crippen MR) is 61.6 cm³/mol. The van der Waals surface area contributed by atoms with Gasteiger partial charge in [0.05, 0.1) is 5.69 Å². The zero-order chi connectivity index (χ0) is 9.80. The molecule has 1 nitrogen and oxygen atoms in total. The average molecular weight is 246 g/mol. The lowest BCUT2D eigenvalue weighted by atomic mass is 10.2. The third-order valence-corrected chi connectivity index (χ3v) is 2.17. The molecule has 0 radical (unpaired) electrons. The van der Waals surface area contributed by atoms with Gasteiger partial charge in [0.1, 0.15) is 0 Å². The number of halogens is 1. The normalized spacial score (nSPS) is 9.21. The molecule has 0 amide bonds. The summed E-state index contributed by atoms with van der Waals surface area (Å²) in [5.74, 6) is 3.01. The molecule has 68 valence electrons. The van der Waals surface area contributed by atoms with E-state index in [1.54, 1.807) is 0 Å². The summed E-state index contributed by atoms with van der Waals surface area (Å²) < 4.78 is 2.05. The van der Waals surface area contributed by atoms with Gasteiger partial charge < -0.3 is 4.57 Å². The topological polar surface area (TPSA) is 4.93 Å². The van der Waals surface area contributed by atoms with Crippen molar-refractivity contribution in [3.05, 3.63) is 54.4 Å². The Balaban J connectivity index is 2.56. The first-order valence-corrected chi connectivity index (χ1v) is 5.05. The van der Waals surface area contributed by atoms with Gasteiger partial charge in [-0.3, -0.25) is 0 Å². The van der Waals surface area contributed by atoms with Crippen LogP contribution in [-0.4, -0.2) is 4.57 Å². The highest BCUT2D eigenvalue weighted by Crippen LogP contribution is 2.13. The average Bonchev–Trinajstić information content (AvgIpc) is 2.72. The molecule has 2 aromatic rings. The maximum Gasteiger partial charge on any atom is 0.0606 e. The molecule has 0 unspecified atom stereocenters. The molecular formula is C12H8BrN. The van der Waals surface area contributed by atoms with Gasteiger partial charge >= 0.3 is 0 Å². The second-order valence-corrected chi connectivity index (χ2v) is 3.22. The number of hydrogen-bond donors (Lipinski definition) is 0. The third-order valence-electron chi connectivity index (χ3n) is 1.97. The van der Waals surface area contributed by atoms with Crippen LogP contribution in [-0.2, 0) is 0 Å². The van der Waals surface area contributed by atoms with Gasteiger partial charge in [-0.05, 0) is 29.1 Å². The lowest BCUT2D eigenvalue weighted by molar-refractivity contribution is 1.07. The van der Waals surface area contributed by atoms with Gasteiger partial charge in [-0.2, -0.15) is 0 Å². The minimum atomic E-state index is 1.01. The van der Waals surface area contributed by atoms with E-state index in [-0.39, 0.29) is 0 Å². The zero-order valence-corrected chi connectivity index (χ0v) is 9.03. The van der Waals surface area contributed by atoms with Crippen LogP contribution in [0.4, 0.5) is 0 Å². The van der Waals surface area contributed by atoms with Crippen molar-refractivity contribution >= 4 is 15.9 Å². The summed E-state index contributed by atoms with van der Waals surface area (Å²) in [5.41, 5.74) is 2.12. The molecule has 2 rings (SSSR count). The highest BCUT2D eigenvalue weighted by atomic mass is 79.9. The van der Waals surface area contributed by atoms with Crippen LogP contribution >= 0.6 is 15.9 Å². The first-order chi connectivity index (χ1) is 6.92. The van der Waals surface area contributed by atoms with Gasteiger partial charge in [0.25, 0.3) is 0 Å². The molecule has 14 heavy (non-hydrogen) atoms. The van der Waals surface area contributed by atoms with E-state index in [4.69, 9.17) is 0 Å². The Morgan fingerprint density at radius 2 is 1.71 bits per heavy atom. The minimum absolute atomic E-state index is 1.01. The molecule has 0 N–H and O–H groups in total. The monoisotopic (exact) mass is 245 g/mol. The number of rotatable bonds is 1. The molecule has 0 saturated carbocycles. The van der Waals surface area contributed by atoms with Gasteiger partial charge in [-0.15, -0.1) is 0 Å². The van der Waals surface area contributed by atoms with Crippen LogP contribution in [0.2, 0.25) is 0 Å². The van der Waals surface area contributed by atoms with Gasteiger partial charge in [0.15, 0.2) is 0 Å². The number of para-hydroxylation sites is 1. The molecule has 1 aromatic heterocycles. The van der Waals surface area contributed by atoms with Crippen LogP contribution in [0.15, 0.2) is 48.8 Å². The molecular weight excluding hydrogens is 238 g/mol. The zero-order valence-electron chi connectivity index (χ0n) is 7.44. The molecule has 0 aliphatic carbocycles. The van der Waals surface area contributed by atoms with Crippen molar-refractivity contribution in [2.45, 2.75) is 0 Å². The summed E-state index contributed by atoms with van der Waals surface area (Å²) in [6.07, 6.45) is 4.02. The molecule has 0 atom stereocenters. The third kappa shape index (κ3) is 1.73. The second kappa shape index (κ2) is 4.17. The van der Waals surface area contributed by atoms with Crippen molar-refractivity contribution in [2.24, 2.45) is 0 Å². The van der Waals surface area contributed by atoms with Crippen LogP contribution < -0.4 is 0 Å². The Bertz CT molecular complexity index is 475. The van der Waals surface area contributed by atoms with Crippen LogP contribution in [0, 0.1) is 10.8 Å². The summed E-state index contributed by atoms with van der Waals surface area (Å²) in [7, 11) is 0. The molecule has 2 heteroatoms. The van der Waals surface area contributed by atoms with Crippen LogP contribution in [0.5, 0.6) is 0 Å². The van der Waals surface area contributed by atoms with E-state index in [1.165, 1.54) is 0 Å². The van der Waals surface area contributed by atoms with Gasteiger partial charge in [0.2, 0.25) is 0 Å². The smallest absolute Gasteiger partial charge is 0.0606 e. The number of hydrogen-bond acceptors (Lipinski definition) is 0. The second-order valence-electron chi connectivity index (χ2n) is 2.83. The van der Waals surface area contributed by atoms with Gasteiger partial charge in [-0.25, -0.2) is 0 Å². The van der Waals surface area contributed by atoms with Crippen LogP contribution in [0.3, 0.4) is 0 Å². The lowest BCUT2D eigenvalue weighted by Crippen LogP contribution is -1.92. The van der Waals surface area contributed by atoms with E-state index < -0.39 is 0 Å². The van der Waals surface area contributed by atoms with Crippen molar-refractivity contribution in [3.8, 4) is 16.4 Å². The fraction of sp³-hybridized carbons (Fsp3) is 0.